The van der Waals surface area contributed by atoms with Gasteiger partial charge in [0.1, 0.15) is 0 Å². The highest BCUT2D eigenvalue weighted by Crippen LogP contribution is 2.57. The Hall–Kier alpha value is -7.56. The van der Waals surface area contributed by atoms with Gasteiger partial charge in [-0.3, -0.25) is 0 Å². The number of fused-ring (bicyclic) bond motifs is 7. The fourth-order valence-electron chi connectivity index (χ4n) is 10.3. The molecule has 3 heterocycles. The summed E-state index contributed by atoms with van der Waals surface area (Å²) in [5.41, 5.74) is 16.2. The Morgan fingerprint density at radius 1 is 0.516 bits per heavy atom. The standard InChI is InChI=1S/C58H44N4/c1-4-16-39(17-5-1)42-20-14-22-44(36-42)52-38-51(59-58(60-52)45-23-15-21-43(37-45)40-18-6-2-7-19-40)41-30-32-47(33-31-41)62-53-28-12-10-26-48(53)49-34-35-55-56(57(49)62)50-27-11-13-29-54(50)61(55)46-24-8-3-9-25-46/h1-16,18-19,21-39,42,49,57H,17,20H2. The zero-order valence-electron chi connectivity index (χ0n) is 34.3. The summed E-state index contributed by atoms with van der Waals surface area (Å²) in [5.74, 6) is 1.84. The minimum absolute atomic E-state index is 0.0923. The van der Waals surface area contributed by atoms with E-state index in [1.54, 1.807) is 0 Å². The van der Waals surface area contributed by atoms with Crippen molar-refractivity contribution in [2.45, 2.75) is 24.8 Å². The molecule has 0 spiro atoms. The van der Waals surface area contributed by atoms with Gasteiger partial charge in [-0.05, 0) is 102 Å². The van der Waals surface area contributed by atoms with Crippen LogP contribution in [0.5, 0.6) is 0 Å². The van der Waals surface area contributed by atoms with Gasteiger partial charge in [-0.2, -0.15) is 0 Å². The molecule has 0 saturated carbocycles. The molecule has 4 nitrogen and oxygen atoms in total. The summed E-state index contributed by atoms with van der Waals surface area (Å²) in [6, 6.07) is 59.2. The van der Waals surface area contributed by atoms with Gasteiger partial charge in [0.15, 0.2) is 5.82 Å². The molecule has 6 aromatic carbocycles. The molecule has 4 heteroatoms. The van der Waals surface area contributed by atoms with E-state index in [0.29, 0.717) is 11.8 Å². The van der Waals surface area contributed by atoms with Crippen molar-refractivity contribution in [1.82, 2.24) is 14.5 Å². The lowest BCUT2D eigenvalue weighted by molar-refractivity contribution is 0.479. The molecule has 0 bridgehead atoms. The molecular weight excluding hydrogens is 753 g/mol. The van der Waals surface area contributed by atoms with Crippen molar-refractivity contribution in [3.8, 4) is 39.5 Å². The average Bonchev–Trinajstić information content (AvgIpc) is 3.88. The molecule has 2 aromatic heterocycles. The Morgan fingerprint density at radius 2 is 1.26 bits per heavy atom. The van der Waals surface area contributed by atoms with Crippen LogP contribution in [0.2, 0.25) is 0 Å². The number of hydrogen-bond acceptors (Lipinski definition) is 3. The van der Waals surface area contributed by atoms with Gasteiger partial charge >= 0.3 is 0 Å². The maximum Gasteiger partial charge on any atom is 0.160 e. The molecule has 0 fully saturated rings. The van der Waals surface area contributed by atoms with Crippen LogP contribution in [0.4, 0.5) is 11.4 Å². The summed E-state index contributed by atoms with van der Waals surface area (Å²) in [6.45, 7) is 0. The third kappa shape index (κ3) is 6.21. The number of benzene rings is 6. The van der Waals surface area contributed by atoms with Gasteiger partial charge in [0.2, 0.25) is 0 Å². The zero-order valence-corrected chi connectivity index (χ0v) is 34.3. The quantitative estimate of drug-likeness (QED) is 0.161. The molecule has 12 rings (SSSR count). The number of rotatable bonds is 7. The second kappa shape index (κ2) is 15.2. The van der Waals surface area contributed by atoms with E-state index < -0.39 is 0 Å². The van der Waals surface area contributed by atoms with Crippen LogP contribution in [-0.2, 0) is 0 Å². The van der Waals surface area contributed by atoms with Crippen LogP contribution < -0.4 is 4.90 Å². The van der Waals surface area contributed by atoms with Crippen LogP contribution in [-0.4, -0.2) is 14.5 Å². The fourth-order valence-corrected chi connectivity index (χ4v) is 10.3. The monoisotopic (exact) mass is 796 g/mol. The number of aromatic nitrogens is 3. The van der Waals surface area contributed by atoms with Gasteiger partial charge in [0, 0.05) is 45.1 Å². The Bertz CT molecular complexity index is 3150. The largest absolute Gasteiger partial charge is 0.333 e. The van der Waals surface area contributed by atoms with E-state index in [1.165, 1.54) is 44.7 Å². The first-order valence-corrected chi connectivity index (χ1v) is 21.9. The smallest absolute Gasteiger partial charge is 0.160 e. The predicted octanol–water partition coefficient (Wildman–Crippen LogP) is 14.5. The summed E-state index contributed by atoms with van der Waals surface area (Å²) >= 11 is 0. The molecule has 296 valence electrons. The maximum absolute atomic E-state index is 5.33. The van der Waals surface area contributed by atoms with Gasteiger partial charge in [-0.1, -0.05) is 164 Å². The summed E-state index contributed by atoms with van der Waals surface area (Å²) < 4.78 is 2.43. The van der Waals surface area contributed by atoms with Crippen molar-refractivity contribution in [3.63, 3.8) is 0 Å². The molecule has 62 heavy (non-hydrogen) atoms. The zero-order chi connectivity index (χ0) is 41.0. The fraction of sp³-hybridized carbons (Fsp3) is 0.103. The second-order valence-electron chi connectivity index (χ2n) is 16.8. The topological polar surface area (TPSA) is 34.0 Å². The molecule has 0 N–H and O–H groups in total. The SMILES string of the molecule is C1=CCC(C2C=C(c3cc(-c4ccc(N5c6ccccc6C6C=Cc7c(c8ccccc8n7-c7ccccc7)C65)cc4)nc(-c4cccc(-c5ccccc5)c4)n3)C=CC2)C=C1. The van der Waals surface area contributed by atoms with Crippen molar-refractivity contribution >= 4 is 33.9 Å². The Morgan fingerprint density at radius 3 is 2.11 bits per heavy atom. The molecule has 0 radical (unpaired) electrons. The molecule has 4 unspecified atom stereocenters. The molecule has 0 amide bonds. The predicted molar refractivity (Wildman–Crippen MR) is 256 cm³/mol. The maximum atomic E-state index is 5.33. The lowest BCUT2D eigenvalue weighted by Gasteiger charge is -2.32. The number of hydrogen-bond donors (Lipinski definition) is 0. The molecule has 1 aliphatic heterocycles. The van der Waals surface area contributed by atoms with E-state index >= 15 is 0 Å². The van der Waals surface area contributed by atoms with Crippen LogP contribution >= 0.6 is 0 Å². The Balaban J connectivity index is 0.967. The lowest BCUT2D eigenvalue weighted by atomic mass is 9.81. The van der Waals surface area contributed by atoms with Crippen LogP contribution in [0.25, 0.3) is 62.0 Å². The Kier molecular flexibility index (Phi) is 8.88. The minimum atomic E-state index is 0.0923. The van der Waals surface area contributed by atoms with Crippen molar-refractivity contribution in [1.29, 1.82) is 0 Å². The number of nitrogens with zero attached hydrogens (tertiary/aromatic N) is 4. The highest BCUT2D eigenvalue weighted by Gasteiger charge is 2.43. The number of para-hydroxylation sites is 3. The van der Waals surface area contributed by atoms with Crippen LogP contribution in [0.15, 0.2) is 212 Å². The number of anilines is 2. The van der Waals surface area contributed by atoms with E-state index in [2.05, 4.69) is 228 Å². The Labute approximate surface area is 362 Å². The normalized spacial score (nSPS) is 19.6. The van der Waals surface area contributed by atoms with Gasteiger partial charge < -0.3 is 9.47 Å². The van der Waals surface area contributed by atoms with Crippen molar-refractivity contribution in [2.24, 2.45) is 11.8 Å². The first kappa shape index (κ1) is 36.3. The van der Waals surface area contributed by atoms with Crippen LogP contribution in [0.1, 0.15) is 47.3 Å². The molecule has 4 aliphatic rings. The van der Waals surface area contributed by atoms with E-state index in [9.17, 15) is 0 Å². The summed E-state index contributed by atoms with van der Waals surface area (Å²) in [6.07, 6.45) is 22.9. The van der Waals surface area contributed by atoms with E-state index in [-0.39, 0.29) is 12.0 Å². The van der Waals surface area contributed by atoms with Crippen molar-refractivity contribution in [2.75, 3.05) is 4.90 Å². The van der Waals surface area contributed by atoms with Gasteiger partial charge in [0.05, 0.1) is 28.6 Å². The lowest BCUT2D eigenvalue weighted by Crippen LogP contribution is -2.24. The van der Waals surface area contributed by atoms with E-state index in [4.69, 9.17) is 9.97 Å². The van der Waals surface area contributed by atoms with E-state index in [0.717, 1.165) is 58.0 Å². The van der Waals surface area contributed by atoms with Gasteiger partial charge in [0.25, 0.3) is 0 Å². The highest BCUT2D eigenvalue weighted by molar-refractivity contribution is 5.94. The van der Waals surface area contributed by atoms with Crippen molar-refractivity contribution in [3.05, 3.63) is 235 Å². The van der Waals surface area contributed by atoms with E-state index in [1.807, 2.05) is 0 Å². The second-order valence-corrected chi connectivity index (χ2v) is 16.8. The number of allylic oxidation sites excluding steroid dienone is 8. The molecular formula is C58H44N4. The van der Waals surface area contributed by atoms with Gasteiger partial charge in [-0.25, -0.2) is 9.97 Å². The minimum Gasteiger partial charge on any atom is -0.333 e. The molecule has 3 aliphatic carbocycles. The summed E-state index contributed by atoms with van der Waals surface area (Å²) in [5, 5.41) is 1.29. The first-order valence-electron chi connectivity index (χ1n) is 21.9. The summed E-state index contributed by atoms with van der Waals surface area (Å²) in [4.78, 5) is 13.2. The first-order chi connectivity index (χ1) is 30.7. The molecule has 0 saturated heterocycles. The average molecular weight is 797 g/mol. The summed E-state index contributed by atoms with van der Waals surface area (Å²) in [7, 11) is 0. The van der Waals surface area contributed by atoms with Crippen LogP contribution in [0, 0.1) is 11.8 Å². The highest BCUT2D eigenvalue weighted by atomic mass is 15.2. The third-order valence-corrected chi connectivity index (χ3v) is 13.3. The van der Waals surface area contributed by atoms with Crippen molar-refractivity contribution < 1.29 is 0 Å². The van der Waals surface area contributed by atoms with Crippen LogP contribution in [0.3, 0.4) is 0 Å². The van der Waals surface area contributed by atoms with Gasteiger partial charge in [-0.15, -0.1) is 0 Å². The molecule has 8 aromatic rings. The molecule has 4 atom stereocenters. The third-order valence-electron chi connectivity index (χ3n) is 13.3.